The molecule has 0 aliphatic carbocycles. The van der Waals surface area contributed by atoms with Gasteiger partial charge in [-0.1, -0.05) is 44.2 Å². The molecule has 2 N–H and O–H groups in total. The lowest BCUT2D eigenvalue weighted by atomic mass is 9.87. The third-order valence-corrected chi connectivity index (χ3v) is 2.61. The van der Waals surface area contributed by atoms with Crippen LogP contribution < -0.4 is 0 Å². The topological polar surface area (TPSA) is 40.5 Å². The van der Waals surface area contributed by atoms with E-state index in [4.69, 9.17) is 5.11 Å². The number of aliphatic hydroxyl groups excluding tert-OH is 2. The highest BCUT2D eigenvalue weighted by Gasteiger charge is 2.22. The van der Waals surface area contributed by atoms with Crippen LogP contribution in [0.25, 0.3) is 0 Å². The van der Waals surface area contributed by atoms with Crippen LogP contribution in [0, 0.1) is 11.8 Å². The molecule has 0 saturated heterocycles. The van der Waals surface area contributed by atoms with Crippen LogP contribution >= 0.6 is 0 Å². The van der Waals surface area contributed by atoms with Gasteiger partial charge in [0.15, 0.2) is 0 Å². The van der Waals surface area contributed by atoms with Gasteiger partial charge in [-0.25, -0.2) is 0 Å². The minimum absolute atomic E-state index is 0.0216. The Bertz CT molecular complexity index is 256. The van der Waals surface area contributed by atoms with E-state index in [-0.39, 0.29) is 18.4 Å². The summed E-state index contributed by atoms with van der Waals surface area (Å²) in [5.41, 5.74) is 0.875. The second-order valence-electron chi connectivity index (χ2n) is 3.95. The average molecular weight is 194 g/mol. The first-order chi connectivity index (χ1) is 6.66. The number of benzene rings is 1. The molecule has 2 atom stereocenters. The minimum Gasteiger partial charge on any atom is -0.396 e. The molecule has 0 saturated carbocycles. The van der Waals surface area contributed by atoms with Crippen LogP contribution in [0.15, 0.2) is 30.3 Å². The third kappa shape index (κ3) is 2.56. The fourth-order valence-corrected chi connectivity index (χ4v) is 1.57. The maximum Gasteiger partial charge on any atom is 0.0842 e. The second-order valence-corrected chi connectivity index (χ2v) is 3.95. The van der Waals surface area contributed by atoms with Crippen molar-refractivity contribution in [2.75, 3.05) is 6.61 Å². The smallest absolute Gasteiger partial charge is 0.0842 e. The zero-order valence-electron chi connectivity index (χ0n) is 8.72. The molecule has 0 aliphatic heterocycles. The molecule has 0 aromatic heterocycles. The molecule has 0 bridgehead atoms. The molecule has 2 nitrogen and oxygen atoms in total. The van der Waals surface area contributed by atoms with Crippen LogP contribution in [0.5, 0.6) is 0 Å². The molecular formula is C12H18O2. The van der Waals surface area contributed by atoms with Crippen molar-refractivity contribution >= 4 is 0 Å². The molecule has 0 radical (unpaired) electrons. The quantitative estimate of drug-likeness (QED) is 0.769. The largest absolute Gasteiger partial charge is 0.396 e. The van der Waals surface area contributed by atoms with E-state index in [0.717, 1.165) is 5.56 Å². The Morgan fingerprint density at radius 3 is 2.14 bits per heavy atom. The summed E-state index contributed by atoms with van der Waals surface area (Å²) in [4.78, 5) is 0. The van der Waals surface area contributed by atoms with Crippen LogP contribution in [0.4, 0.5) is 0 Å². The van der Waals surface area contributed by atoms with Gasteiger partial charge in [0.1, 0.15) is 0 Å². The lowest BCUT2D eigenvalue weighted by Gasteiger charge is -2.24. The summed E-state index contributed by atoms with van der Waals surface area (Å²) in [7, 11) is 0. The molecule has 14 heavy (non-hydrogen) atoms. The van der Waals surface area contributed by atoms with Gasteiger partial charge in [-0.2, -0.15) is 0 Å². The Labute approximate surface area is 85.2 Å². The highest BCUT2D eigenvalue weighted by Crippen LogP contribution is 2.27. The molecule has 2 heteroatoms. The molecule has 1 rings (SSSR count). The molecule has 0 unspecified atom stereocenters. The monoisotopic (exact) mass is 194 g/mol. The fourth-order valence-electron chi connectivity index (χ4n) is 1.57. The summed E-state index contributed by atoms with van der Waals surface area (Å²) >= 11 is 0. The van der Waals surface area contributed by atoms with Crippen LogP contribution in [0.3, 0.4) is 0 Å². The van der Waals surface area contributed by atoms with E-state index in [1.807, 2.05) is 44.2 Å². The number of hydrogen-bond acceptors (Lipinski definition) is 2. The standard InChI is InChI=1S/C12H18O2/c1-9(2)11(8-13)12(14)10-6-4-3-5-7-10/h3-7,9,11-14H,8H2,1-2H3/t11-,12+/m0/s1. The summed E-state index contributed by atoms with van der Waals surface area (Å²) in [6, 6.07) is 9.48. The van der Waals surface area contributed by atoms with Crippen molar-refractivity contribution in [1.82, 2.24) is 0 Å². The fraction of sp³-hybridized carbons (Fsp3) is 0.500. The Kier molecular flexibility index (Phi) is 4.11. The van der Waals surface area contributed by atoms with E-state index < -0.39 is 6.10 Å². The van der Waals surface area contributed by atoms with Gasteiger partial charge in [-0.05, 0) is 11.5 Å². The van der Waals surface area contributed by atoms with Crippen molar-refractivity contribution in [3.8, 4) is 0 Å². The van der Waals surface area contributed by atoms with Gasteiger partial charge in [-0.3, -0.25) is 0 Å². The molecule has 0 fully saturated rings. The molecule has 78 valence electrons. The SMILES string of the molecule is CC(C)[C@H](CO)[C@H](O)c1ccccc1. The van der Waals surface area contributed by atoms with Gasteiger partial charge in [0.05, 0.1) is 6.10 Å². The minimum atomic E-state index is -0.568. The summed E-state index contributed by atoms with van der Waals surface area (Å²) in [6.45, 7) is 4.04. The molecule has 1 aromatic carbocycles. The predicted octanol–water partition coefficient (Wildman–Crippen LogP) is 1.98. The highest BCUT2D eigenvalue weighted by atomic mass is 16.3. The van der Waals surface area contributed by atoms with Crippen molar-refractivity contribution in [1.29, 1.82) is 0 Å². The van der Waals surface area contributed by atoms with Crippen LogP contribution in [-0.2, 0) is 0 Å². The number of aliphatic hydroxyl groups is 2. The van der Waals surface area contributed by atoms with Gasteiger partial charge in [0.2, 0.25) is 0 Å². The molecule has 0 aliphatic rings. The average Bonchev–Trinajstić information content (AvgIpc) is 2.19. The maximum absolute atomic E-state index is 9.99. The lowest BCUT2D eigenvalue weighted by molar-refractivity contribution is 0.0407. The van der Waals surface area contributed by atoms with Gasteiger partial charge in [0, 0.05) is 12.5 Å². The van der Waals surface area contributed by atoms with E-state index in [9.17, 15) is 5.11 Å². The molecule has 0 spiro atoms. The second kappa shape index (κ2) is 5.13. The number of rotatable bonds is 4. The third-order valence-electron chi connectivity index (χ3n) is 2.61. The summed E-state index contributed by atoms with van der Waals surface area (Å²) in [5, 5.41) is 19.2. The van der Waals surface area contributed by atoms with Crippen LogP contribution in [-0.4, -0.2) is 16.8 Å². The highest BCUT2D eigenvalue weighted by molar-refractivity contribution is 5.18. The van der Waals surface area contributed by atoms with Crippen molar-refractivity contribution < 1.29 is 10.2 Å². The first-order valence-corrected chi connectivity index (χ1v) is 5.00. The van der Waals surface area contributed by atoms with Gasteiger partial charge < -0.3 is 10.2 Å². The summed E-state index contributed by atoms with van der Waals surface area (Å²) < 4.78 is 0. The van der Waals surface area contributed by atoms with Gasteiger partial charge >= 0.3 is 0 Å². The Hall–Kier alpha value is -0.860. The summed E-state index contributed by atoms with van der Waals surface area (Å²) in [5.74, 6) is 0.188. The van der Waals surface area contributed by atoms with Crippen molar-refractivity contribution in [3.63, 3.8) is 0 Å². The van der Waals surface area contributed by atoms with E-state index in [0.29, 0.717) is 0 Å². The van der Waals surface area contributed by atoms with E-state index in [2.05, 4.69) is 0 Å². The first kappa shape index (κ1) is 11.2. The Balaban J connectivity index is 2.78. The van der Waals surface area contributed by atoms with E-state index >= 15 is 0 Å². The van der Waals surface area contributed by atoms with E-state index in [1.54, 1.807) is 0 Å². The molecule has 0 amide bonds. The van der Waals surface area contributed by atoms with Crippen molar-refractivity contribution in [3.05, 3.63) is 35.9 Å². The summed E-state index contributed by atoms with van der Waals surface area (Å²) in [6.07, 6.45) is -0.568. The maximum atomic E-state index is 9.99. The van der Waals surface area contributed by atoms with Crippen molar-refractivity contribution in [2.24, 2.45) is 11.8 Å². The lowest BCUT2D eigenvalue weighted by Crippen LogP contribution is -2.22. The van der Waals surface area contributed by atoms with Gasteiger partial charge in [-0.15, -0.1) is 0 Å². The predicted molar refractivity (Wildman–Crippen MR) is 56.8 cm³/mol. The zero-order valence-corrected chi connectivity index (χ0v) is 8.72. The van der Waals surface area contributed by atoms with Crippen LogP contribution in [0.1, 0.15) is 25.5 Å². The van der Waals surface area contributed by atoms with Crippen molar-refractivity contribution in [2.45, 2.75) is 20.0 Å². The first-order valence-electron chi connectivity index (χ1n) is 5.00. The van der Waals surface area contributed by atoms with E-state index in [1.165, 1.54) is 0 Å². The zero-order chi connectivity index (χ0) is 10.6. The van der Waals surface area contributed by atoms with Crippen LogP contribution in [0.2, 0.25) is 0 Å². The molecule has 0 heterocycles. The Morgan fingerprint density at radius 1 is 1.14 bits per heavy atom. The number of hydrogen-bond donors (Lipinski definition) is 2. The normalized spacial score (nSPS) is 15.5. The van der Waals surface area contributed by atoms with Gasteiger partial charge in [0.25, 0.3) is 0 Å². The Morgan fingerprint density at radius 2 is 1.71 bits per heavy atom. The molecular weight excluding hydrogens is 176 g/mol. The molecule has 1 aromatic rings.